The summed E-state index contributed by atoms with van der Waals surface area (Å²) in [5, 5.41) is 0. The molecular weight excluding hydrogens is 286 g/mol. The van der Waals surface area contributed by atoms with E-state index in [0.717, 1.165) is 25.7 Å². The second-order valence-corrected chi connectivity index (χ2v) is 5.46. The standard InChI is InChI=1S/C16H29NO5/c1-3-5-9-21-15(18)13-14(16(19)22-10-6-4-2)17-7-11-20-12-8-17/h14H,3-13H2,1-2H3. The highest BCUT2D eigenvalue weighted by Crippen LogP contribution is 2.11. The molecule has 1 unspecified atom stereocenters. The maximum atomic E-state index is 12.3. The Morgan fingerprint density at radius 1 is 1.05 bits per heavy atom. The Kier molecular flexibility index (Phi) is 9.82. The molecule has 1 aliphatic rings. The summed E-state index contributed by atoms with van der Waals surface area (Å²) in [4.78, 5) is 26.1. The third-order valence-electron chi connectivity index (χ3n) is 3.62. The highest BCUT2D eigenvalue weighted by molar-refractivity contribution is 5.82. The Hall–Kier alpha value is -1.14. The Labute approximate surface area is 133 Å². The fourth-order valence-electron chi connectivity index (χ4n) is 2.21. The lowest BCUT2D eigenvalue weighted by molar-refractivity contribution is -0.158. The molecule has 0 aromatic heterocycles. The minimum absolute atomic E-state index is 0.0503. The molecule has 0 spiro atoms. The quantitative estimate of drug-likeness (QED) is 0.452. The Balaban J connectivity index is 2.52. The van der Waals surface area contributed by atoms with Gasteiger partial charge in [-0.15, -0.1) is 0 Å². The molecule has 0 bridgehead atoms. The fraction of sp³-hybridized carbons (Fsp3) is 0.875. The summed E-state index contributed by atoms with van der Waals surface area (Å²) in [5.41, 5.74) is 0. The van der Waals surface area contributed by atoms with Gasteiger partial charge in [-0.3, -0.25) is 14.5 Å². The van der Waals surface area contributed by atoms with Crippen LogP contribution in [0.1, 0.15) is 46.0 Å². The van der Waals surface area contributed by atoms with E-state index in [2.05, 4.69) is 0 Å². The van der Waals surface area contributed by atoms with Crippen molar-refractivity contribution in [3.05, 3.63) is 0 Å². The molecule has 6 heteroatoms. The summed E-state index contributed by atoms with van der Waals surface area (Å²) in [7, 11) is 0. The first-order chi connectivity index (χ1) is 10.7. The van der Waals surface area contributed by atoms with Crippen molar-refractivity contribution in [1.82, 2.24) is 4.90 Å². The van der Waals surface area contributed by atoms with Crippen molar-refractivity contribution >= 4 is 11.9 Å². The molecule has 0 radical (unpaired) electrons. The largest absolute Gasteiger partial charge is 0.466 e. The monoisotopic (exact) mass is 315 g/mol. The smallest absolute Gasteiger partial charge is 0.323 e. The van der Waals surface area contributed by atoms with E-state index in [9.17, 15) is 9.59 Å². The summed E-state index contributed by atoms with van der Waals surface area (Å²) in [6.07, 6.45) is 3.67. The number of carbonyl (C=O) groups is 2. The van der Waals surface area contributed by atoms with E-state index in [1.807, 2.05) is 18.7 Å². The van der Waals surface area contributed by atoms with Crippen LogP contribution in [0.4, 0.5) is 0 Å². The van der Waals surface area contributed by atoms with Gasteiger partial charge >= 0.3 is 11.9 Å². The van der Waals surface area contributed by atoms with Crippen LogP contribution >= 0.6 is 0 Å². The number of unbranched alkanes of at least 4 members (excludes halogenated alkanes) is 2. The van der Waals surface area contributed by atoms with E-state index >= 15 is 0 Å². The lowest BCUT2D eigenvalue weighted by Crippen LogP contribution is -2.49. The number of ether oxygens (including phenoxy) is 3. The Morgan fingerprint density at radius 2 is 1.64 bits per heavy atom. The first-order valence-electron chi connectivity index (χ1n) is 8.33. The third kappa shape index (κ3) is 7.22. The molecule has 22 heavy (non-hydrogen) atoms. The molecule has 1 heterocycles. The summed E-state index contributed by atoms with van der Waals surface area (Å²) >= 11 is 0. The van der Waals surface area contributed by atoms with Gasteiger partial charge in [0.2, 0.25) is 0 Å². The summed E-state index contributed by atoms with van der Waals surface area (Å²) in [6, 6.07) is -0.560. The number of morpholine rings is 1. The van der Waals surface area contributed by atoms with Crippen LogP contribution in [0.2, 0.25) is 0 Å². The topological polar surface area (TPSA) is 65.1 Å². The molecule has 1 fully saturated rings. The second kappa shape index (κ2) is 11.4. The molecule has 0 aromatic carbocycles. The van der Waals surface area contributed by atoms with Gasteiger partial charge in [-0.05, 0) is 12.8 Å². The zero-order valence-corrected chi connectivity index (χ0v) is 13.8. The van der Waals surface area contributed by atoms with Gasteiger partial charge in [-0.25, -0.2) is 0 Å². The second-order valence-electron chi connectivity index (χ2n) is 5.46. The molecule has 1 saturated heterocycles. The van der Waals surface area contributed by atoms with Gasteiger partial charge in [0.05, 0.1) is 32.8 Å². The minimum atomic E-state index is -0.560. The van der Waals surface area contributed by atoms with Crippen molar-refractivity contribution < 1.29 is 23.8 Å². The predicted molar refractivity (Wildman–Crippen MR) is 82.5 cm³/mol. The average molecular weight is 315 g/mol. The number of esters is 2. The number of rotatable bonds is 10. The van der Waals surface area contributed by atoms with Gasteiger partial charge in [0.1, 0.15) is 6.04 Å². The minimum Gasteiger partial charge on any atom is -0.466 e. The van der Waals surface area contributed by atoms with Gasteiger partial charge in [-0.1, -0.05) is 26.7 Å². The van der Waals surface area contributed by atoms with Gasteiger partial charge in [0, 0.05) is 13.1 Å². The van der Waals surface area contributed by atoms with Crippen LogP contribution in [0.15, 0.2) is 0 Å². The zero-order chi connectivity index (χ0) is 16.2. The lowest BCUT2D eigenvalue weighted by atomic mass is 10.1. The lowest BCUT2D eigenvalue weighted by Gasteiger charge is -2.32. The van der Waals surface area contributed by atoms with Gasteiger partial charge in [0.25, 0.3) is 0 Å². The number of carbonyl (C=O) groups excluding carboxylic acids is 2. The number of nitrogens with zero attached hydrogens (tertiary/aromatic N) is 1. The molecule has 0 aromatic rings. The van der Waals surface area contributed by atoms with Gasteiger partial charge in [-0.2, -0.15) is 0 Å². The molecule has 6 nitrogen and oxygen atoms in total. The van der Waals surface area contributed by atoms with Crippen LogP contribution in [0, 0.1) is 0 Å². The van der Waals surface area contributed by atoms with E-state index in [1.165, 1.54) is 0 Å². The highest BCUT2D eigenvalue weighted by Gasteiger charge is 2.31. The Morgan fingerprint density at radius 3 is 2.23 bits per heavy atom. The van der Waals surface area contributed by atoms with E-state index < -0.39 is 6.04 Å². The van der Waals surface area contributed by atoms with E-state index in [0.29, 0.717) is 39.5 Å². The number of hydrogen-bond donors (Lipinski definition) is 0. The highest BCUT2D eigenvalue weighted by atomic mass is 16.5. The molecule has 0 N–H and O–H groups in total. The first-order valence-corrected chi connectivity index (χ1v) is 8.33. The summed E-state index contributed by atoms with van der Waals surface area (Å²) < 4.78 is 15.8. The third-order valence-corrected chi connectivity index (χ3v) is 3.62. The molecule has 128 valence electrons. The van der Waals surface area contributed by atoms with Crippen molar-refractivity contribution in [3.63, 3.8) is 0 Å². The maximum absolute atomic E-state index is 12.3. The number of hydrogen-bond acceptors (Lipinski definition) is 6. The zero-order valence-electron chi connectivity index (χ0n) is 13.8. The van der Waals surface area contributed by atoms with Crippen molar-refractivity contribution in [2.45, 2.75) is 52.0 Å². The van der Waals surface area contributed by atoms with E-state index in [-0.39, 0.29) is 18.4 Å². The average Bonchev–Trinajstić information content (AvgIpc) is 2.54. The van der Waals surface area contributed by atoms with Crippen LogP contribution in [0.3, 0.4) is 0 Å². The molecule has 1 atom stereocenters. The van der Waals surface area contributed by atoms with Crippen molar-refractivity contribution in [3.8, 4) is 0 Å². The van der Waals surface area contributed by atoms with Crippen LogP contribution < -0.4 is 0 Å². The van der Waals surface area contributed by atoms with Crippen molar-refractivity contribution in [2.75, 3.05) is 39.5 Å². The molecule has 0 aliphatic carbocycles. The van der Waals surface area contributed by atoms with E-state index in [1.54, 1.807) is 0 Å². The molecule has 1 aliphatic heterocycles. The molecule has 0 saturated carbocycles. The molecule has 0 amide bonds. The first kappa shape index (κ1) is 18.9. The van der Waals surface area contributed by atoms with Crippen LogP contribution in [0.5, 0.6) is 0 Å². The predicted octanol–water partition coefficient (Wildman–Crippen LogP) is 1.76. The van der Waals surface area contributed by atoms with Crippen molar-refractivity contribution in [1.29, 1.82) is 0 Å². The maximum Gasteiger partial charge on any atom is 0.323 e. The van der Waals surface area contributed by atoms with Gasteiger partial charge in [0.15, 0.2) is 0 Å². The molecule has 1 rings (SSSR count). The van der Waals surface area contributed by atoms with Crippen LogP contribution in [-0.2, 0) is 23.8 Å². The Bertz CT molecular complexity index is 328. The van der Waals surface area contributed by atoms with E-state index in [4.69, 9.17) is 14.2 Å². The van der Waals surface area contributed by atoms with Crippen LogP contribution in [-0.4, -0.2) is 62.4 Å². The van der Waals surface area contributed by atoms with Crippen molar-refractivity contribution in [2.24, 2.45) is 0 Å². The van der Waals surface area contributed by atoms with Gasteiger partial charge < -0.3 is 14.2 Å². The fourth-order valence-corrected chi connectivity index (χ4v) is 2.21. The summed E-state index contributed by atoms with van der Waals surface area (Å²) in [5.74, 6) is -0.667. The normalized spacial score (nSPS) is 17.0. The molecular formula is C16H29NO5. The summed E-state index contributed by atoms with van der Waals surface area (Å²) in [6.45, 7) is 7.31. The van der Waals surface area contributed by atoms with Crippen LogP contribution in [0.25, 0.3) is 0 Å². The SMILES string of the molecule is CCCCOC(=O)CC(C(=O)OCCCC)N1CCOCC1.